The maximum atomic E-state index is 11.9. The van der Waals surface area contributed by atoms with E-state index in [1.54, 1.807) is 45.0 Å². The molecule has 132 valence electrons. The highest BCUT2D eigenvalue weighted by atomic mass is 16.6. The average molecular weight is 337 g/mol. The van der Waals surface area contributed by atoms with Crippen molar-refractivity contribution in [2.24, 2.45) is 0 Å². The van der Waals surface area contributed by atoms with Crippen molar-refractivity contribution in [1.29, 1.82) is 0 Å². The number of ether oxygens (including phenoxy) is 1. The second kappa shape index (κ2) is 8.19. The lowest BCUT2D eigenvalue weighted by atomic mass is 10.1. The summed E-state index contributed by atoms with van der Waals surface area (Å²) in [6, 6.07) is 5.51. The van der Waals surface area contributed by atoms with Crippen LogP contribution in [0.5, 0.6) is 0 Å². The zero-order chi connectivity index (χ0) is 18.3. The summed E-state index contributed by atoms with van der Waals surface area (Å²) in [5, 5.41) is 14.0. The zero-order valence-corrected chi connectivity index (χ0v) is 14.0. The minimum Gasteiger partial charge on any atom is -0.480 e. The molecular formula is C16H23N3O5. The van der Waals surface area contributed by atoms with Crippen LogP contribution < -0.4 is 16.4 Å². The molecule has 1 unspecified atom stereocenters. The van der Waals surface area contributed by atoms with Crippen LogP contribution in [0, 0.1) is 0 Å². The van der Waals surface area contributed by atoms with Crippen LogP contribution in [0.4, 0.5) is 16.2 Å². The van der Waals surface area contributed by atoms with Crippen molar-refractivity contribution >= 4 is 29.3 Å². The Hall–Kier alpha value is -2.77. The van der Waals surface area contributed by atoms with Crippen LogP contribution in [0.1, 0.15) is 33.6 Å². The largest absolute Gasteiger partial charge is 0.480 e. The zero-order valence-electron chi connectivity index (χ0n) is 14.0. The summed E-state index contributed by atoms with van der Waals surface area (Å²) < 4.78 is 5.01. The number of rotatable bonds is 6. The number of nitrogens with one attached hydrogen (secondary N) is 2. The van der Waals surface area contributed by atoms with Crippen LogP contribution in [-0.2, 0) is 14.3 Å². The molecule has 24 heavy (non-hydrogen) atoms. The standard InChI is InChI=1S/C16H23N3O5/c1-16(2,3)24-15(23)19-12(14(21)22)8-9-13(20)18-11-7-5-4-6-10(11)17/h4-7,12H,8-9,17H2,1-3H3,(H,18,20)(H,19,23)(H,21,22). The third-order valence-corrected chi connectivity index (χ3v) is 2.88. The van der Waals surface area contributed by atoms with Gasteiger partial charge in [-0.3, -0.25) is 4.79 Å². The minimum absolute atomic E-state index is 0.0762. The van der Waals surface area contributed by atoms with Crippen molar-refractivity contribution in [3.63, 3.8) is 0 Å². The van der Waals surface area contributed by atoms with Gasteiger partial charge in [0.05, 0.1) is 11.4 Å². The van der Waals surface area contributed by atoms with Gasteiger partial charge in [0.25, 0.3) is 0 Å². The lowest BCUT2D eigenvalue weighted by Crippen LogP contribution is -2.43. The monoisotopic (exact) mass is 337 g/mol. The number of nitrogen functional groups attached to an aromatic ring is 1. The third-order valence-electron chi connectivity index (χ3n) is 2.88. The molecule has 1 aromatic rings. The second-order valence-corrected chi connectivity index (χ2v) is 6.21. The van der Waals surface area contributed by atoms with Crippen LogP contribution in [0.2, 0.25) is 0 Å². The molecule has 1 rings (SSSR count). The van der Waals surface area contributed by atoms with Gasteiger partial charge in [0.1, 0.15) is 11.6 Å². The number of alkyl carbamates (subject to hydrolysis) is 1. The summed E-state index contributed by atoms with van der Waals surface area (Å²) in [7, 11) is 0. The predicted octanol–water partition coefficient (Wildman–Crippen LogP) is 1.97. The second-order valence-electron chi connectivity index (χ2n) is 6.21. The Morgan fingerprint density at radius 1 is 1.25 bits per heavy atom. The number of anilines is 2. The van der Waals surface area contributed by atoms with Crippen LogP contribution in [0.25, 0.3) is 0 Å². The van der Waals surface area contributed by atoms with Crippen LogP contribution in [0.15, 0.2) is 24.3 Å². The molecule has 1 aromatic carbocycles. The van der Waals surface area contributed by atoms with Crippen molar-refractivity contribution in [3.05, 3.63) is 24.3 Å². The number of aliphatic carboxylic acids is 1. The minimum atomic E-state index is -1.24. The van der Waals surface area contributed by atoms with Crippen molar-refractivity contribution < 1.29 is 24.2 Å². The number of carboxylic acid groups (broad SMARTS) is 1. The summed E-state index contributed by atoms with van der Waals surface area (Å²) in [6.07, 6.45) is -1.02. The molecule has 0 aliphatic heterocycles. The van der Waals surface area contributed by atoms with Gasteiger partial charge < -0.3 is 26.2 Å². The van der Waals surface area contributed by atoms with Gasteiger partial charge in [0.15, 0.2) is 0 Å². The number of para-hydroxylation sites is 2. The van der Waals surface area contributed by atoms with Crippen molar-refractivity contribution in [1.82, 2.24) is 5.32 Å². The summed E-state index contributed by atoms with van der Waals surface area (Å²) in [4.78, 5) is 34.7. The number of hydrogen-bond acceptors (Lipinski definition) is 5. The van der Waals surface area contributed by atoms with Gasteiger partial charge in [-0.05, 0) is 39.3 Å². The highest BCUT2D eigenvalue weighted by molar-refractivity contribution is 5.94. The fourth-order valence-corrected chi connectivity index (χ4v) is 1.81. The van der Waals surface area contributed by atoms with Gasteiger partial charge in [-0.25, -0.2) is 9.59 Å². The first kappa shape index (κ1) is 19.3. The van der Waals surface area contributed by atoms with E-state index in [1.807, 2.05) is 0 Å². The van der Waals surface area contributed by atoms with E-state index in [0.29, 0.717) is 11.4 Å². The first-order valence-corrected chi connectivity index (χ1v) is 7.45. The maximum absolute atomic E-state index is 11.9. The molecule has 8 heteroatoms. The molecule has 0 radical (unpaired) electrons. The van der Waals surface area contributed by atoms with Crippen LogP contribution in [-0.4, -0.2) is 34.7 Å². The molecule has 0 spiro atoms. The number of carbonyl (C=O) groups excluding carboxylic acids is 2. The summed E-state index contributed by atoms with van der Waals surface area (Å²) in [6.45, 7) is 5.00. The highest BCUT2D eigenvalue weighted by Crippen LogP contribution is 2.17. The first-order chi connectivity index (χ1) is 11.1. The Kier molecular flexibility index (Phi) is 6.58. The molecule has 0 bridgehead atoms. The van der Waals surface area contributed by atoms with Crippen molar-refractivity contribution in [2.75, 3.05) is 11.1 Å². The van der Waals surface area contributed by atoms with E-state index in [9.17, 15) is 14.4 Å². The highest BCUT2D eigenvalue weighted by Gasteiger charge is 2.24. The lowest BCUT2D eigenvalue weighted by molar-refractivity contribution is -0.139. The quantitative estimate of drug-likeness (QED) is 0.587. The van der Waals surface area contributed by atoms with E-state index in [-0.39, 0.29) is 12.8 Å². The number of benzene rings is 1. The molecule has 0 aliphatic rings. The van der Waals surface area contributed by atoms with Gasteiger partial charge in [-0.1, -0.05) is 12.1 Å². The topological polar surface area (TPSA) is 131 Å². The summed E-state index contributed by atoms with van der Waals surface area (Å²) >= 11 is 0. The molecular weight excluding hydrogens is 314 g/mol. The van der Waals surface area contributed by atoms with Crippen LogP contribution >= 0.6 is 0 Å². The molecule has 8 nitrogen and oxygen atoms in total. The Labute approximate surface area is 140 Å². The number of carboxylic acids is 1. The Morgan fingerprint density at radius 3 is 2.42 bits per heavy atom. The third kappa shape index (κ3) is 6.99. The van der Waals surface area contributed by atoms with Crippen molar-refractivity contribution in [3.8, 4) is 0 Å². The van der Waals surface area contributed by atoms with Gasteiger partial charge in [-0.15, -0.1) is 0 Å². The number of hydrogen-bond donors (Lipinski definition) is 4. The summed E-state index contributed by atoms with van der Waals surface area (Å²) in [5.41, 5.74) is 5.84. The smallest absolute Gasteiger partial charge is 0.408 e. The van der Waals surface area contributed by atoms with Crippen molar-refractivity contribution in [2.45, 2.75) is 45.3 Å². The number of amides is 2. The van der Waals surface area contributed by atoms with E-state index in [1.165, 1.54) is 0 Å². The van der Waals surface area contributed by atoms with Gasteiger partial charge in [-0.2, -0.15) is 0 Å². The molecule has 1 atom stereocenters. The predicted molar refractivity (Wildman–Crippen MR) is 89.5 cm³/mol. The van der Waals surface area contributed by atoms with E-state index >= 15 is 0 Å². The fraction of sp³-hybridized carbons (Fsp3) is 0.438. The Morgan fingerprint density at radius 2 is 1.88 bits per heavy atom. The van der Waals surface area contributed by atoms with E-state index < -0.39 is 29.6 Å². The van der Waals surface area contributed by atoms with E-state index in [2.05, 4.69) is 10.6 Å². The van der Waals surface area contributed by atoms with Gasteiger partial charge in [0, 0.05) is 6.42 Å². The molecule has 2 amide bonds. The molecule has 0 heterocycles. The molecule has 0 aromatic heterocycles. The number of nitrogens with two attached hydrogens (primary N) is 1. The maximum Gasteiger partial charge on any atom is 0.408 e. The Bertz CT molecular complexity index is 610. The fourth-order valence-electron chi connectivity index (χ4n) is 1.81. The van der Waals surface area contributed by atoms with Gasteiger partial charge in [0.2, 0.25) is 5.91 Å². The molecule has 0 fully saturated rings. The lowest BCUT2D eigenvalue weighted by Gasteiger charge is -2.22. The normalized spacial score (nSPS) is 12.1. The SMILES string of the molecule is CC(C)(C)OC(=O)NC(CCC(=O)Nc1ccccc1N)C(=O)O. The molecule has 0 aliphatic carbocycles. The van der Waals surface area contributed by atoms with Gasteiger partial charge >= 0.3 is 12.1 Å². The summed E-state index contributed by atoms with van der Waals surface area (Å²) in [5.74, 6) is -1.64. The molecule has 0 saturated heterocycles. The average Bonchev–Trinajstić information content (AvgIpc) is 2.43. The van der Waals surface area contributed by atoms with E-state index in [4.69, 9.17) is 15.6 Å². The van der Waals surface area contributed by atoms with Crippen LogP contribution in [0.3, 0.4) is 0 Å². The Balaban J connectivity index is 2.54. The number of carbonyl (C=O) groups is 3. The molecule has 5 N–H and O–H groups in total. The van der Waals surface area contributed by atoms with E-state index in [0.717, 1.165) is 0 Å². The first-order valence-electron chi connectivity index (χ1n) is 7.45. The molecule has 0 saturated carbocycles.